The molecule has 1 aliphatic heterocycles. The summed E-state index contributed by atoms with van der Waals surface area (Å²) < 4.78 is 48.7. The Bertz CT molecular complexity index is 418. The van der Waals surface area contributed by atoms with E-state index in [4.69, 9.17) is 9.47 Å². The molecule has 3 nitrogen and oxygen atoms in total. The van der Waals surface area contributed by atoms with Gasteiger partial charge in [0.25, 0.3) is 0 Å². The van der Waals surface area contributed by atoms with Gasteiger partial charge in [0.2, 0.25) is 6.79 Å². The molecule has 0 amide bonds. The molecule has 2 rings (SSSR count). The van der Waals surface area contributed by atoms with Crippen LogP contribution in [0.2, 0.25) is 0 Å². The molecule has 1 aromatic rings. The van der Waals surface area contributed by atoms with Gasteiger partial charge < -0.3 is 14.8 Å². The number of halogens is 3. The lowest BCUT2D eigenvalue weighted by atomic mass is 10.0. The normalized spacial score (nSPS) is 14.1. The maximum Gasteiger partial charge on any atom is 0.416 e. The van der Waals surface area contributed by atoms with Gasteiger partial charge in [-0.15, -0.1) is 0 Å². The third kappa shape index (κ3) is 2.31. The summed E-state index contributed by atoms with van der Waals surface area (Å²) >= 11 is 0. The first-order chi connectivity index (χ1) is 8.04. The Kier molecular flexibility index (Phi) is 3.15. The van der Waals surface area contributed by atoms with Crippen molar-refractivity contribution in [3.8, 4) is 11.5 Å². The van der Waals surface area contributed by atoms with Crippen LogP contribution in [-0.4, -0.2) is 20.4 Å². The number of alkyl halides is 3. The van der Waals surface area contributed by atoms with Crippen molar-refractivity contribution in [2.75, 3.05) is 20.4 Å². The highest BCUT2D eigenvalue weighted by Crippen LogP contribution is 2.43. The molecule has 0 radical (unpaired) electrons. The van der Waals surface area contributed by atoms with Crippen LogP contribution in [0.25, 0.3) is 0 Å². The van der Waals surface area contributed by atoms with Crippen molar-refractivity contribution in [1.82, 2.24) is 5.32 Å². The predicted octanol–water partition coefficient (Wildman–Crippen LogP) is 2.20. The average molecular weight is 247 g/mol. The van der Waals surface area contributed by atoms with E-state index in [-0.39, 0.29) is 24.5 Å². The lowest BCUT2D eigenvalue weighted by Gasteiger charge is -2.14. The van der Waals surface area contributed by atoms with E-state index >= 15 is 0 Å². The van der Waals surface area contributed by atoms with Gasteiger partial charge in [-0.1, -0.05) is 0 Å². The van der Waals surface area contributed by atoms with Crippen LogP contribution in [0.3, 0.4) is 0 Å². The molecule has 0 aromatic heterocycles. The molecular weight excluding hydrogens is 235 g/mol. The van der Waals surface area contributed by atoms with Gasteiger partial charge in [0.15, 0.2) is 11.5 Å². The molecule has 0 bridgehead atoms. The fourth-order valence-electron chi connectivity index (χ4n) is 1.79. The molecule has 1 N–H and O–H groups in total. The number of rotatable bonds is 3. The predicted molar refractivity (Wildman–Crippen MR) is 55.2 cm³/mol. The molecule has 1 heterocycles. The van der Waals surface area contributed by atoms with Gasteiger partial charge in [0.05, 0.1) is 5.56 Å². The standard InChI is InChI=1S/C11H12F3NO2/c1-15-5-4-7-8(11(12,13)14)2-3-9-10(7)17-6-16-9/h2-3,15H,4-6H2,1H3. The highest BCUT2D eigenvalue weighted by atomic mass is 19.4. The molecule has 0 aliphatic carbocycles. The summed E-state index contributed by atoms with van der Waals surface area (Å²) in [4.78, 5) is 0. The van der Waals surface area contributed by atoms with Gasteiger partial charge in [0.1, 0.15) is 0 Å². The minimum atomic E-state index is -4.37. The Hall–Kier alpha value is -1.43. The zero-order valence-electron chi connectivity index (χ0n) is 9.23. The van der Waals surface area contributed by atoms with Crippen LogP contribution < -0.4 is 14.8 Å². The lowest BCUT2D eigenvalue weighted by molar-refractivity contribution is -0.138. The second-order valence-electron chi connectivity index (χ2n) is 3.68. The molecule has 1 aromatic carbocycles. The second-order valence-corrected chi connectivity index (χ2v) is 3.68. The van der Waals surface area contributed by atoms with Crippen molar-refractivity contribution in [2.24, 2.45) is 0 Å². The summed E-state index contributed by atoms with van der Waals surface area (Å²) in [6.07, 6.45) is -4.12. The average Bonchev–Trinajstić information content (AvgIpc) is 2.72. The summed E-state index contributed by atoms with van der Waals surface area (Å²) in [5.74, 6) is 0.596. The molecular formula is C11H12F3NO2. The number of hydrogen-bond donors (Lipinski definition) is 1. The Morgan fingerprint density at radius 3 is 2.71 bits per heavy atom. The summed E-state index contributed by atoms with van der Waals surface area (Å²) in [6.45, 7) is 0.423. The first-order valence-electron chi connectivity index (χ1n) is 5.17. The number of benzene rings is 1. The van der Waals surface area contributed by atoms with Crippen molar-refractivity contribution in [1.29, 1.82) is 0 Å². The molecule has 94 valence electrons. The Morgan fingerprint density at radius 1 is 1.29 bits per heavy atom. The molecule has 6 heteroatoms. The van der Waals surface area contributed by atoms with Gasteiger partial charge in [-0.05, 0) is 32.1 Å². The molecule has 0 atom stereocenters. The van der Waals surface area contributed by atoms with Gasteiger partial charge in [-0.25, -0.2) is 0 Å². The number of ether oxygens (including phenoxy) is 2. The van der Waals surface area contributed by atoms with Crippen LogP contribution in [0.1, 0.15) is 11.1 Å². The fourth-order valence-corrected chi connectivity index (χ4v) is 1.79. The molecule has 0 fully saturated rings. The highest BCUT2D eigenvalue weighted by molar-refractivity contribution is 5.53. The van der Waals surface area contributed by atoms with Gasteiger partial charge in [-0.3, -0.25) is 0 Å². The summed E-state index contributed by atoms with van der Waals surface area (Å²) in [7, 11) is 1.69. The van der Waals surface area contributed by atoms with Gasteiger partial charge in [0, 0.05) is 5.56 Å². The highest BCUT2D eigenvalue weighted by Gasteiger charge is 2.36. The van der Waals surface area contributed by atoms with E-state index in [2.05, 4.69) is 5.32 Å². The van der Waals surface area contributed by atoms with Gasteiger partial charge >= 0.3 is 6.18 Å². The largest absolute Gasteiger partial charge is 0.454 e. The van der Waals surface area contributed by atoms with E-state index in [1.165, 1.54) is 6.07 Å². The molecule has 0 unspecified atom stereocenters. The first-order valence-corrected chi connectivity index (χ1v) is 5.17. The minimum absolute atomic E-state index is 0.0246. The SMILES string of the molecule is CNCCc1c(C(F)(F)F)ccc2c1OCO2. The monoisotopic (exact) mass is 247 g/mol. The fraction of sp³-hybridized carbons (Fsp3) is 0.455. The Morgan fingerprint density at radius 2 is 2.06 bits per heavy atom. The third-order valence-electron chi connectivity index (χ3n) is 2.57. The van der Waals surface area contributed by atoms with Crippen molar-refractivity contribution in [3.63, 3.8) is 0 Å². The van der Waals surface area contributed by atoms with E-state index in [0.29, 0.717) is 12.3 Å². The van der Waals surface area contributed by atoms with E-state index in [1.54, 1.807) is 7.05 Å². The van der Waals surface area contributed by atoms with Crippen LogP contribution in [0, 0.1) is 0 Å². The van der Waals surface area contributed by atoms with Crippen LogP contribution in [0.5, 0.6) is 11.5 Å². The van der Waals surface area contributed by atoms with Crippen LogP contribution in [0.4, 0.5) is 13.2 Å². The minimum Gasteiger partial charge on any atom is -0.454 e. The topological polar surface area (TPSA) is 30.5 Å². The van der Waals surface area contributed by atoms with Crippen LogP contribution >= 0.6 is 0 Å². The summed E-state index contributed by atoms with van der Waals surface area (Å²) in [5.41, 5.74) is -0.501. The molecule has 0 saturated carbocycles. The molecule has 0 spiro atoms. The smallest absolute Gasteiger partial charge is 0.416 e. The van der Waals surface area contributed by atoms with Crippen molar-refractivity contribution in [2.45, 2.75) is 12.6 Å². The van der Waals surface area contributed by atoms with E-state index < -0.39 is 11.7 Å². The van der Waals surface area contributed by atoms with Crippen molar-refractivity contribution >= 4 is 0 Å². The Labute approximate surface area is 96.5 Å². The van der Waals surface area contributed by atoms with E-state index in [0.717, 1.165) is 6.07 Å². The summed E-state index contributed by atoms with van der Waals surface area (Å²) in [5, 5.41) is 2.82. The lowest BCUT2D eigenvalue weighted by Crippen LogP contribution is -2.15. The number of fused-ring (bicyclic) bond motifs is 1. The zero-order chi connectivity index (χ0) is 12.5. The number of hydrogen-bond acceptors (Lipinski definition) is 3. The van der Waals surface area contributed by atoms with Crippen molar-refractivity contribution < 1.29 is 22.6 Å². The van der Waals surface area contributed by atoms with Crippen LogP contribution in [0.15, 0.2) is 12.1 Å². The third-order valence-corrected chi connectivity index (χ3v) is 2.57. The number of nitrogens with one attached hydrogen (secondary N) is 1. The molecule has 0 saturated heterocycles. The molecule has 1 aliphatic rings. The maximum absolute atomic E-state index is 12.8. The van der Waals surface area contributed by atoms with Gasteiger partial charge in [-0.2, -0.15) is 13.2 Å². The summed E-state index contributed by atoms with van der Waals surface area (Å²) in [6, 6.07) is 2.34. The Balaban J connectivity index is 2.45. The quantitative estimate of drug-likeness (QED) is 0.888. The molecule has 17 heavy (non-hydrogen) atoms. The van der Waals surface area contributed by atoms with E-state index in [1.807, 2.05) is 0 Å². The van der Waals surface area contributed by atoms with Crippen molar-refractivity contribution in [3.05, 3.63) is 23.3 Å². The van der Waals surface area contributed by atoms with Crippen LogP contribution in [-0.2, 0) is 12.6 Å². The zero-order valence-corrected chi connectivity index (χ0v) is 9.23. The number of likely N-dealkylation sites (N-methyl/N-ethyl adjacent to an activating group) is 1. The second kappa shape index (κ2) is 4.44. The van der Waals surface area contributed by atoms with E-state index in [9.17, 15) is 13.2 Å². The first kappa shape index (κ1) is 12.0. The maximum atomic E-state index is 12.8.